The Morgan fingerprint density at radius 2 is 1.24 bits per heavy atom. The maximum Gasteiger partial charge on any atom is 0.232 e. The number of hydrogen-bond donors (Lipinski definition) is 2. The van der Waals surface area contributed by atoms with Gasteiger partial charge in [0, 0.05) is 23.2 Å². The Kier molecular flexibility index (Phi) is 7.98. The molecule has 1 aliphatic rings. The molecule has 0 bridgehead atoms. The highest BCUT2D eigenvalue weighted by Gasteiger charge is 2.29. The first-order valence-corrected chi connectivity index (χ1v) is 13.5. The SMILES string of the molecule is O=C(Cc1ccc(F)cn1)Nc1nnc([C@H]2CCC[C@H](c3nnc(NC(=O)Cc4ccc(F)cn4)s3)C2)s1. The van der Waals surface area contributed by atoms with Gasteiger partial charge in [0.25, 0.3) is 0 Å². The number of anilines is 2. The van der Waals surface area contributed by atoms with Crippen molar-refractivity contribution in [2.45, 2.75) is 50.4 Å². The highest BCUT2D eigenvalue weighted by Crippen LogP contribution is 2.43. The minimum absolute atomic E-state index is 0.0109. The van der Waals surface area contributed by atoms with Crippen LogP contribution in [0.5, 0.6) is 0 Å². The minimum Gasteiger partial charge on any atom is -0.300 e. The molecule has 196 valence electrons. The van der Waals surface area contributed by atoms with Crippen LogP contribution in [0, 0.1) is 11.6 Å². The van der Waals surface area contributed by atoms with Gasteiger partial charge < -0.3 is 10.6 Å². The molecule has 2 amide bonds. The maximum atomic E-state index is 13.0. The zero-order valence-electron chi connectivity index (χ0n) is 19.9. The van der Waals surface area contributed by atoms with E-state index in [1.54, 1.807) is 0 Å². The van der Waals surface area contributed by atoms with Crippen molar-refractivity contribution in [1.29, 1.82) is 0 Å². The lowest BCUT2D eigenvalue weighted by Crippen LogP contribution is -2.15. The van der Waals surface area contributed by atoms with Crippen molar-refractivity contribution in [3.05, 3.63) is 69.7 Å². The predicted molar refractivity (Wildman–Crippen MR) is 137 cm³/mol. The van der Waals surface area contributed by atoms with E-state index in [1.165, 1.54) is 46.9 Å². The van der Waals surface area contributed by atoms with E-state index in [-0.39, 0.29) is 36.5 Å². The predicted octanol–water partition coefficient (Wildman–Crippen LogP) is 4.26. The summed E-state index contributed by atoms with van der Waals surface area (Å²) in [6.45, 7) is 0. The number of amides is 2. The van der Waals surface area contributed by atoms with Gasteiger partial charge in [-0.15, -0.1) is 20.4 Å². The fourth-order valence-electron chi connectivity index (χ4n) is 4.22. The van der Waals surface area contributed by atoms with Crippen molar-refractivity contribution in [3.63, 3.8) is 0 Å². The molecule has 0 aliphatic heterocycles. The summed E-state index contributed by atoms with van der Waals surface area (Å²) >= 11 is 2.68. The molecule has 14 heteroatoms. The number of hydrogen-bond acceptors (Lipinski definition) is 10. The van der Waals surface area contributed by atoms with Crippen LogP contribution in [0.3, 0.4) is 0 Å². The lowest BCUT2D eigenvalue weighted by molar-refractivity contribution is -0.116. The Bertz CT molecular complexity index is 1310. The number of aromatic nitrogens is 6. The highest BCUT2D eigenvalue weighted by molar-refractivity contribution is 7.15. The Labute approximate surface area is 224 Å². The van der Waals surface area contributed by atoms with Gasteiger partial charge in [0.2, 0.25) is 22.1 Å². The Morgan fingerprint density at radius 1 is 0.763 bits per heavy atom. The topological polar surface area (TPSA) is 136 Å². The van der Waals surface area contributed by atoms with Crippen LogP contribution in [0.15, 0.2) is 36.7 Å². The Balaban J connectivity index is 1.14. The molecule has 0 spiro atoms. The first-order chi connectivity index (χ1) is 18.4. The average molecular weight is 557 g/mol. The maximum absolute atomic E-state index is 13.0. The first-order valence-electron chi connectivity index (χ1n) is 11.9. The second-order valence-corrected chi connectivity index (χ2v) is 10.9. The molecule has 2 atom stereocenters. The first kappa shape index (κ1) is 25.9. The van der Waals surface area contributed by atoms with E-state index in [4.69, 9.17) is 0 Å². The third-order valence-corrected chi connectivity index (χ3v) is 8.01. The molecular weight excluding hydrogens is 534 g/mol. The number of carbonyl (C=O) groups is 2. The molecule has 2 N–H and O–H groups in total. The molecule has 0 aromatic carbocycles. The van der Waals surface area contributed by atoms with Gasteiger partial charge in [0.05, 0.1) is 25.2 Å². The summed E-state index contributed by atoms with van der Waals surface area (Å²) in [7, 11) is 0. The fraction of sp³-hybridized carbons (Fsp3) is 0.333. The van der Waals surface area contributed by atoms with E-state index in [0.29, 0.717) is 21.7 Å². The van der Waals surface area contributed by atoms with Gasteiger partial charge in [0.15, 0.2) is 0 Å². The standard InChI is InChI=1S/C24H22F2N8O2S2/c25-15-4-6-17(27-11-15)9-19(35)29-23-33-31-21(37-23)13-2-1-3-14(8-13)22-32-34-24(38-22)30-20(36)10-18-7-5-16(26)12-28-18/h4-7,11-14H,1-3,8-10H2,(H,29,33,35)(H,30,34,36)/t13-,14-/m0/s1. The quantitative estimate of drug-likeness (QED) is 0.329. The van der Waals surface area contributed by atoms with Crippen LogP contribution in [0.2, 0.25) is 0 Å². The molecule has 1 saturated carbocycles. The zero-order valence-corrected chi connectivity index (χ0v) is 21.6. The van der Waals surface area contributed by atoms with E-state index in [1.807, 2.05) is 0 Å². The number of rotatable bonds is 8. The van der Waals surface area contributed by atoms with Gasteiger partial charge >= 0.3 is 0 Å². The number of nitrogens with zero attached hydrogens (tertiary/aromatic N) is 6. The third-order valence-electron chi connectivity index (χ3n) is 6.01. The lowest BCUT2D eigenvalue weighted by atomic mass is 9.82. The normalized spacial score (nSPS) is 17.2. The van der Waals surface area contributed by atoms with Crippen molar-refractivity contribution in [1.82, 2.24) is 30.4 Å². The monoisotopic (exact) mass is 556 g/mol. The van der Waals surface area contributed by atoms with Crippen LogP contribution in [0.1, 0.15) is 58.9 Å². The van der Waals surface area contributed by atoms with Crippen LogP contribution in [0.25, 0.3) is 0 Å². The second kappa shape index (κ2) is 11.7. The summed E-state index contributed by atoms with van der Waals surface area (Å²) < 4.78 is 26.0. The van der Waals surface area contributed by atoms with E-state index < -0.39 is 11.6 Å². The van der Waals surface area contributed by atoms with Crippen molar-refractivity contribution in [2.24, 2.45) is 0 Å². The largest absolute Gasteiger partial charge is 0.300 e. The van der Waals surface area contributed by atoms with Gasteiger partial charge in [-0.1, -0.05) is 29.1 Å². The number of nitrogens with one attached hydrogen (secondary N) is 2. The second-order valence-electron chi connectivity index (χ2n) is 8.84. The summed E-state index contributed by atoms with van der Waals surface area (Å²) in [6.07, 6.45) is 5.86. The molecule has 4 heterocycles. The molecule has 0 saturated heterocycles. The minimum atomic E-state index is -0.456. The van der Waals surface area contributed by atoms with Gasteiger partial charge in [0.1, 0.15) is 21.6 Å². The van der Waals surface area contributed by atoms with Crippen LogP contribution >= 0.6 is 22.7 Å². The molecule has 4 aromatic rings. The zero-order chi connectivity index (χ0) is 26.5. The van der Waals surface area contributed by atoms with Crippen molar-refractivity contribution < 1.29 is 18.4 Å². The van der Waals surface area contributed by atoms with Gasteiger partial charge in [-0.25, -0.2) is 8.78 Å². The number of pyridine rings is 2. The van der Waals surface area contributed by atoms with Crippen molar-refractivity contribution in [2.75, 3.05) is 10.6 Å². The molecule has 5 rings (SSSR count). The van der Waals surface area contributed by atoms with E-state index in [2.05, 4.69) is 41.0 Å². The summed E-state index contributed by atoms with van der Waals surface area (Å²) in [5, 5.41) is 24.8. The summed E-state index contributed by atoms with van der Waals surface area (Å²) in [5.41, 5.74) is 0.923. The third kappa shape index (κ3) is 6.75. The Morgan fingerprint density at radius 3 is 1.66 bits per heavy atom. The van der Waals surface area contributed by atoms with E-state index >= 15 is 0 Å². The van der Waals surface area contributed by atoms with E-state index in [0.717, 1.165) is 48.1 Å². The molecule has 4 aromatic heterocycles. The molecule has 38 heavy (non-hydrogen) atoms. The van der Waals surface area contributed by atoms with Gasteiger partial charge in [-0.3, -0.25) is 19.6 Å². The van der Waals surface area contributed by atoms with Crippen LogP contribution in [-0.4, -0.2) is 42.2 Å². The van der Waals surface area contributed by atoms with Crippen LogP contribution in [-0.2, 0) is 22.4 Å². The van der Waals surface area contributed by atoms with Gasteiger partial charge in [-0.05, 0) is 43.5 Å². The average Bonchev–Trinajstić information content (AvgIpc) is 3.57. The van der Waals surface area contributed by atoms with Crippen LogP contribution in [0.4, 0.5) is 19.0 Å². The number of halogens is 2. The van der Waals surface area contributed by atoms with E-state index in [9.17, 15) is 18.4 Å². The molecule has 0 radical (unpaired) electrons. The van der Waals surface area contributed by atoms with Crippen molar-refractivity contribution in [3.8, 4) is 0 Å². The van der Waals surface area contributed by atoms with Crippen molar-refractivity contribution >= 4 is 44.8 Å². The number of carbonyl (C=O) groups excluding carboxylic acids is 2. The summed E-state index contributed by atoms with van der Waals surface area (Å²) in [4.78, 5) is 32.4. The highest BCUT2D eigenvalue weighted by atomic mass is 32.1. The van der Waals surface area contributed by atoms with Crippen LogP contribution < -0.4 is 10.6 Å². The molecular formula is C24H22F2N8O2S2. The van der Waals surface area contributed by atoms with Gasteiger partial charge in [-0.2, -0.15) is 0 Å². The smallest absolute Gasteiger partial charge is 0.232 e. The molecule has 0 unspecified atom stereocenters. The summed E-state index contributed by atoms with van der Waals surface area (Å²) in [6, 6.07) is 5.46. The fourth-order valence-corrected chi connectivity index (χ4v) is 6.03. The molecule has 1 aliphatic carbocycles. The summed E-state index contributed by atoms with van der Waals surface area (Å²) in [5.74, 6) is -1.17. The molecule has 10 nitrogen and oxygen atoms in total. The molecule has 1 fully saturated rings. The Hall–Kier alpha value is -3.78. The lowest BCUT2D eigenvalue weighted by Gasteiger charge is -2.25.